The second kappa shape index (κ2) is 8.02. The number of furan rings is 1. The maximum atomic E-state index is 13.4. The average Bonchev–Trinajstić information content (AvgIpc) is 3.44. The van der Waals surface area contributed by atoms with Gasteiger partial charge in [-0.15, -0.1) is 0 Å². The van der Waals surface area contributed by atoms with Crippen LogP contribution in [0, 0.1) is 0 Å². The van der Waals surface area contributed by atoms with Crippen LogP contribution in [0.5, 0.6) is 0 Å². The summed E-state index contributed by atoms with van der Waals surface area (Å²) in [6, 6.07) is 13.1. The number of aryl methyl sites for hydroxylation is 1. The van der Waals surface area contributed by atoms with Crippen LogP contribution < -0.4 is 0 Å². The highest BCUT2D eigenvalue weighted by atomic mass is 16.3. The van der Waals surface area contributed by atoms with Gasteiger partial charge in [-0.05, 0) is 30.5 Å². The molecule has 0 N–H and O–H groups in total. The van der Waals surface area contributed by atoms with Crippen molar-refractivity contribution in [1.29, 1.82) is 0 Å². The molecule has 1 saturated heterocycles. The second-order valence-corrected chi connectivity index (χ2v) is 8.14. The lowest BCUT2D eigenvalue weighted by Gasteiger charge is -2.35. The van der Waals surface area contributed by atoms with E-state index in [-0.39, 0.29) is 11.9 Å². The lowest BCUT2D eigenvalue weighted by Crippen LogP contribution is -2.64. The molecule has 4 heterocycles. The van der Waals surface area contributed by atoms with E-state index in [9.17, 15) is 9.59 Å². The number of imide groups is 1. The molecule has 3 amide bonds. The highest BCUT2D eigenvalue weighted by molar-refractivity contribution is 6.25. The van der Waals surface area contributed by atoms with Gasteiger partial charge < -0.3 is 4.42 Å². The highest BCUT2D eigenvalue weighted by Crippen LogP contribution is 2.26. The molecule has 0 saturated carbocycles. The first kappa shape index (κ1) is 19.5. The van der Waals surface area contributed by atoms with E-state index in [2.05, 4.69) is 16.7 Å². The van der Waals surface area contributed by atoms with E-state index in [1.54, 1.807) is 13.3 Å². The third kappa shape index (κ3) is 3.52. The number of aliphatic imine (C=N–C) groups is 1. The molecule has 1 unspecified atom stereocenters. The third-order valence-corrected chi connectivity index (χ3v) is 6.12. The summed E-state index contributed by atoms with van der Waals surface area (Å²) in [6.45, 7) is 2.57. The van der Waals surface area contributed by atoms with Crippen LogP contribution in [0.3, 0.4) is 0 Å². The van der Waals surface area contributed by atoms with E-state index in [0.29, 0.717) is 18.9 Å². The van der Waals surface area contributed by atoms with E-state index in [1.165, 1.54) is 15.4 Å². The summed E-state index contributed by atoms with van der Waals surface area (Å²) in [7, 11) is 1.71. The Morgan fingerprint density at radius 2 is 2.00 bits per heavy atom. The number of benzene rings is 1. The van der Waals surface area contributed by atoms with Crippen molar-refractivity contribution in [3.05, 3.63) is 60.1 Å². The second-order valence-electron chi connectivity index (χ2n) is 8.14. The van der Waals surface area contributed by atoms with Crippen molar-refractivity contribution in [3.8, 4) is 0 Å². The van der Waals surface area contributed by atoms with Gasteiger partial charge >= 0.3 is 12.0 Å². The number of carbonyl (C=O) groups is 2. The summed E-state index contributed by atoms with van der Waals surface area (Å²) in [5, 5.41) is 0. The average molecular weight is 420 g/mol. The maximum absolute atomic E-state index is 13.4. The van der Waals surface area contributed by atoms with Crippen molar-refractivity contribution in [3.63, 3.8) is 0 Å². The van der Waals surface area contributed by atoms with Crippen LogP contribution in [-0.2, 0) is 17.8 Å². The Morgan fingerprint density at radius 3 is 2.77 bits per heavy atom. The van der Waals surface area contributed by atoms with Crippen LogP contribution >= 0.6 is 0 Å². The lowest BCUT2D eigenvalue weighted by atomic mass is 10.1. The zero-order valence-corrected chi connectivity index (χ0v) is 17.6. The van der Waals surface area contributed by atoms with Crippen molar-refractivity contribution >= 4 is 23.7 Å². The largest absolute Gasteiger partial charge is 0.466 e. The van der Waals surface area contributed by atoms with Crippen LogP contribution in [-0.4, -0.2) is 75.7 Å². The molecule has 5 rings (SSSR count). The number of hydrogen-bond donors (Lipinski definition) is 0. The van der Waals surface area contributed by atoms with Crippen LogP contribution in [0.25, 0.3) is 0 Å². The molecule has 0 bridgehead atoms. The molecule has 1 atom stereocenters. The van der Waals surface area contributed by atoms with Crippen molar-refractivity contribution in [2.45, 2.75) is 31.8 Å². The standard InChI is InChI=1S/C23H26N5O3/c1-25-20-19(21(29)28(23(25)30)13-5-10-17-8-3-2-4-9-17)27-14-7-12-26(22(27)24-20)16-18-11-6-15-31-18/h2-4,6,8-9,11,15,19H,5,7,10,12-14,16H2,1H3/q+1. The van der Waals surface area contributed by atoms with E-state index in [4.69, 9.17) is 9.41 Å². The van der Waals surface area contributed by atoms with Gasteiger partial charge in [0.15, 0.2) is 0 Å². The minimum absolute atomic E-state index is 0.176. The first-order valence-electron chi connectivity index (χ1n) is 10.8. The van der Waals surface area contributed by atoms with Crippen molar-refractivity contribution < 1.29 is 18.6 Å². The maximum Gasteiger partial charge on any atom is 0.392 e. The Morgan fingerprint density at radius 1 is 1.16 bits per heavy atom. The van der Waals surface area contributed by atoms with Gasteiger partial charge in [-0.1, -0.05) is 35.3 Å². The number of nitrogens with zero attached hydrogens (tertiary/aromatic N) is 5. The van der Waals surface area contributed by atoms with Crippen LogP contribution in [0.1, 0.15) is 24.2 Å². The molecular formula is C23H26N5O3+. The molecule has 31 heavy (non-hydrogen) atoms. The Kier molecular flexibility index (Phi) is 5.05. The first-order valence-corrected chi connectivity index (χ1v) is 10.8. The Labute approximate surface area is 181 Å². The monoisotopic (exact) mass is 420 g/mol. The fraction of sp³-hybridized carbons (Fsp3) is 0.391. The third-order valence-electron chi connectivity index (χ3n) is 6.12. The van der Waals surface area contributed by atoms with E-state index >= 15 is 0 Å². The van der Waals surface area contributed by atoms with Gasteiger partial charge in [-0.25, -0.2) is 9.69 Å². The van der Waals surface area contributed by atoms with Crippen molar-refractivity contribution in [2.75, 3.05) is 26.7 Å². The summed E-state index contributed by atoms with van der Waals surface area (Å²) in [6.07, 6.45) is 4.13. The summed E-state index contributed by atoms with van der Waals surface area (Å²) >= 11 is 0. The molecular weight excluding hydrogens is 394 g/mol. The fourth-order valence-electron chi connectivity index (χ4n) is 4.55. The van der Waals surface area contributed by atoms with Gasteiger partial charge in [-0.2, -0.15) is 0 Å². The molecule has 160 valence electrons. The van der Waals surface area contributed by atoms with Gasteiger partial charge in [0.25, 0.3) is 5.91 Å². The number of carbonyl (C=O) groups excluding carboxylic acids is 2. The number of rotatable bonds is 6. The zero-order valence-electron chi connectivity index (χ0n) is 17.6. The topological polar surface area (TPSA) is 72.4 Å². The number of amides is 3. The molecule has 0 aliphatic carbocycles. The van der Waals surface area contributed by atoms with Gasteiger partial charge in [0, 0.05) is 20.0 Å². The molecule has 0 spiro atoms. The number of amidine groups is 1. The van der Waals surface area contributed by atoms with Crippen molar-refractivity contribution in [2.24, 2.45) is 4.99 Å². The molecule has 1 fully saturated rings. The lowest BCUT2D eigenvalue weighted by molar-refractivity contribution is -0.556. The number of guanidine groups is 1. The molecule has 0 radical (unpaired) electrons. The normalized spacial score (nSPS) is 20.9. The minimum atomic E-state index is -0.533. The fourth-order valence-corrected chi connectivity index (χ4v) is 4.55. The first-order chi connectivity index (χ1) is 15.1. The molecule has 1 aromatic heterocycles. The smallest absolute Gasteiger partial charge is 0.392 e. The van der Waals surface area contributed by atoms with Crippen molar-refractivity contribution in [1.82, 2.24) is 14.7 Å². The van der Waals surface area contributed by atoms with Crippen LogP contribution in [0.4, 0.5) is 4.79 Å². The molecule has 2 aromatic rings. The van der Waals surface area contributed by atoms with E-state index in [1.807, 2.05) is 35.2 Å². The molecule has 3 aliphatic heterocycles. The summed E-state index contributed by atoms with van der Waals surface area (Å²) in [4.78, 5) is 36.0. The van der Waals surface area contributed by atoms with Gasteiger partial charge in [0.2, 0.25) is 11.9 Å². The van der Waals surface area contributed by atoms with Crippen LogP contribution in [0.15, 0.2) is 58.1 Å². The quantitative estimate of drug-likeness (QED) is 0.672. The van der Waals surface area contributed by atoms with E-state index in [0.717, 1.165) is 44.1 Å². The zero-order chi connectivity index (χ0) is 21.4. The minimum Gasteiger partial charge on any atom is -0.466 e. The SMILES string of the molecule is CN1C(=O)N(CCCc2ccccc2)C(=O)C2C1=NC1=[N+](Cc3ccco3)CCCN12. The summed E-state index contributed by atoms with van der Waals surface area (Å²) in [5.41, 5.74) is 1.20. The van der Waals surface area contributed by atoms with Gasteiger partial charge in [0.05, 0.1) is 19.4 Å². The number of urea groups is 1. The molecule has 3 aliphatic rings. The predicted octanol–water partition coefficient (Wildman–Crippen LogP) is 2.16. The number of hydrogen-bond acceptors (Lipinski definition) is 5. The highest BCUT2D eigenvalue weighted by Gasteiger charge is 2.56. The molecule has 1 aromatic carbocycles. The summed E-state index contributed by atoms with van der Waals surface area (Å²) < 4.78 is 7.62. The predicted molar refractivity (Wildman–Crippen MR) is 115 cm³/mol. The van der Waals surface area contributed by atoms with Gasteiger partial charge in [0.1, 0.15) is 12.3 Å². The van der Waals surface area contributed by atoms with Crippen LogP contribution in [0.2, 0.25) is 0 Å². The summed E-state index contributed by atoms with van der Waals surface area (Å²) in [5.74, 6) is 1.95. The number of fused-ring (bicyclic) bond motifs is 3. The van der Waals surface area contributed by atoms with E-state index < -0.39 is 6.04 Å². The molecule has 8 nitrogen and oxygen atoms in total. The van der Waals surface area contributed by atoms with Gasteiger partial charge in [-0.3, -0.25) is 19.2 Å². The Bertz CT molecular complexity index is 1040. The Hall–Kier alpha value is -3.42. The molecule has 8 heteroatoms. The number of likely N-dealkylation sites (N-methyl/N-ethyl adjacent to an activating group) is 1. The Balaban J connectivity index is 1.36.